The molecule has 0 aromatic heterocycles. The molecule has 1 amide bonds. The minimum absolute atomic E-state index is 0.0721. The Bertz CT molecular complexity index is 761. The number of amides is 1. The first-order chi connectivity index (χ1) is 10.1. The van der Waals surface area contributed by atoms with Gasteiger partial charge in [0.2, 0.25) is 0 Å². The molecule has 0 fully saturated rings. The summed E-state index contributed by atoms with van der Waals surface area (Å²) in [6.07, 6.45) is 0. The SMILES string of the molecule is O=C1COc2cc(C(=O)c3ccccc3Br)c(Cl)cc2N1. The molecule has 3 rings (SSSR count). The molecule has 2 aromatic rings. The van der Waals surface area contributed by atoms with E-state index in [1.165, 1.54) is 6.07 Å². The van der Waals surface area contributed by atoms with E-state index in [1.54, 1.807) is 24.3 Å². The first-order valence-electron chi connectivity index (χ1n) is 6.11. The predicted molar refractivity (Wildman–Crippen MR) is 83.2 cm³/mol. The lowest BCUT2D eigenvalue weighted by Crippen LogP contribution is -2.25. The molecule has 0 atom stereocenters. The summed E-state index contributed by atoms with van der Waals surface area (Å²) in [5.41, 5.74) is 1.32. The minimum atomic E-state index is -0.247. The van der Waals surface area contributed by atoms with E-state index in [9.17, 15) is 9.59 Å². The number of benzene rings is 2. The number of nitrogens with one attached hydrogen (secondary N) is 1. The Hall–Kier alpha value is -1.85. The summed E-state index contributed by atoms with van der Waals surface area (Å²) in [6.45, 7) is -0.0721. The zero-order valence-corrected chi connectivity index (χ0v) is 13.0. The van der Waals surface area contributed by atoms with E-state index in [1.807, 2.05) is 6.07 Å². The van der Waals surface area contributed by atoms with Gasteiger partial charge in [0.15, 0.2) is 12.4 Å². The molecule has 6 heteroatoms. The van der Waals surface area contributed by atoms with Crippen molar-refractivity contribution in [2.75, 3.05) is 11.9 Å². The van der Waals surface area contributed by atoms with E-state index in [4.69, 9.17) is 16.3 Å². The first kappa shape index (κ1) is 14.1. The molecule has 106 valence electrons. The van der Waals surface area contributed by atoms with Crippen LogP contribution in [-0.4, -0.2) is 18.3 Å². The van der Waals surface area contributed by atoms with Crippen molar-refractivity contribution < 1.29 is 14.3 Å². The van der Waals surface area contributed by atoms with E-state index >= 15 is 0 Å². The number of hydrogen-bond donors (Lipinski definition) is 1. The highest BCUT2D eigenvalue weighted by Gasteiger charge is 2.22. The van der Waals surface area contributed by atoms with Crippen LogP contribution < -0.4 is 10.1 Å². The summed E-state index contributed by atoms with van der Waals surface area (Å²) in [5, 5.41) is 2.91. The van der Waals surface area contributed by atoms with Crippen LogP contribution in [0.2, 0.25) is 5.02 Å². The van der Waals surface area contributed by atoms with Crippen molar-refractivity contribution >= 4 is 44.9 Å². The first-order valence-corrected chi connectivity index (χ1v) is 7.29. The van der Waals surface area contributed by atoms with Crippen LogP contribution in [0.4, 0.5) is 5.69 Å². The van der Waals surface area contributed by atoms with Gasteiger partial charge in [0.05, 0.1) is 10.7 Å². The smallest absolute Gasteiger partial charge is 0.262 e. The molecule has 4 nitrogen and oxygen atoms in total. The third-order valence-corrected chi connectivity index (χ3v) is 4.07. The molecule has 1 aliphatic heterocycles. The van der Waals surface area contributed by atoms with Gasteiger partial charge < -0.3 is 10.1 Å². The van der Waals surface area contributed by atoms with Gasteiger partial charge in [-0.25, -0.2) is 0 Å². The molecule has 1 N–H and O–H groups in total. The Balaban J connectivity index is 2.05. The van der Waals surface area contributed by atoms with Gasteiger partial charge in [-0.05, 0) is 24.3 Å². The summed E-state index contributed by atoms with van der Waals surface area (Å²) >= 11 is 9.51. The topological polar surface area (TPSA) is 55.4 Å². The molecule has 0 radical (unpaired) electrons. The van der Waals surface area contributed by atoms with Gasteiger partial charge in [0.25, 0.3) is 5.91 Å². The number of carbonyl (C=O) groups excluding carboxylic acids is 2. The van der Waals surface area contributed by atoms with Gasteiger partial charge in [-0.1, -0.05) is 39.7 Å². The standard InChI is InChI=1S/C15H9BrClNO3/c16-10-4-2-1-3-8(10)15(20)9-5-13-12(6-11(9)17)18-14(19)7-21-13/h1-6H,7H2,(H,18,19). The van der Waals surface area contributed by atoms with E-state index in [0.29, 0.717) is 27.0 Å². The number of carbonyl (C=O) groups is 2. The highest BCUT2D eigenvalue weighted by molar-refractivity contribution is 9.10. The molecule has 0 saturated carbocycles. The highest BCUT2D eigenvalue weighted by atomic mass is 79.9. The maximum Gasteiger partial charge on any atom is 0.262 e. The van der Waals surface area contributed by atoms with Crippen molar-refractivity contribution in [1.82, 2.24) is 0 Å². The fourth-order valence-corrected chi connectivity index (χ4v) is 2.78. The van der Waals surface area contributed by atoms with Crippen LogP contribution in [0.25, 0.3) is 0 Å². The van der Waals surface area contributed by atoms with Crippen LogP contribution in [0.5, 0.6) is 5.75 Å². The van der Waals surface area contributed by atoms with Gasteiger partial charge >= 0.3 is 0 Å². The molecule has 1 aliphatic rings. The molecule has 0 bridgehead atoms. The quantitative estimate of drug-likeness (QED) is 0.825. The maximum atomic E-state index is 12.6. The van der Waals surface area contributed by atoms with Gasteiger partial charge in [0, 0.05) is 15.6 Å². The number of fused-ring (bicyclic) bond motifs is 1. The minimum Gasteiger partial charge on any atom is -0.482 e. The van der Waals surface area contributed by atoms with Crippen LogP contribution in [0.3, 0.4) is 0 Å². The molecular weight excluding hydrogens is 358 g/mol. The Morgan fingerprint density at radius 2 is 2.00 bits per heavy atom. The van der Waals surface area contributed by atoms with Gasteiger partial charge in [0.1, 0.15) is 5.75 Å². The fraction of sp³-hybridized carbons (Fsp3) is 0.0667. The second kappa shape index (κ2) is 5.50. The third kappa shape index (κ3) is 2.66. The lowest BCUT2D eigenvalue weighted by molar-refractivity contribution is -0.118. The Labute approximate surface area is 134 Å². The Kier molecular flexibility index (Phi) is 3.69. The predicted octanol–water partition coefficient (Wildman–Crippen LogP) is 3.66. The van der Waals surface area contributed by atoms with Crippen molar-refractivity contribution in [3.05, 3.63) is 57.0 Å². The van der Waals surface area contributed by atoms with E-state index in [-0.39, 0.29) is 23.3 Å². The van der Waals surface area contributed by atoms with Crippen LogP contribution in [0.15, 0.2) is 40.9 Å². The monoisotopic (exact) mass is 365 g/mol. The van der Waals surface area contributed by atoms with Crippen LogP contribution in [0, 0.1) is 0 Å². The van der Waals surface area contributed by atoms with Crippen LogP contribution in [0.1, 0.15) is 15.9 Å². The number of rotatable bonds is 2. The molecule has 2 aromatic carbocycles. The number of ether oxygens (including phenoxy) is 1. The maximum absolute atomic E-state index is 12.6. The summed E-state index contributed by atoms with van der Waals surface area (Å²) in [6, 6.07) is 10.2. The van der Waals surface area contributed by atoms with Gasteiger partial charge in [-0.2, -0.15) is 0 Å². The number of anilines is 1. The number of hydrogen-bond acceptors (Lipinski definition) is 3. The molecule has 1 heterocycles. The molecule has 0 spiro atoms. The summed E-state index contributed by atoms with van der Waals surface area (Å²) in [7, 11) is 0. The lowest BCUT2D eigenvalue weighted by atomic mass is 10.0. The summed E-state index contributed by atoms with van der Waals surface area (Å²) < 4.78 is 6.01. The molecule has 0 unspecified atom stereocenters. The summed E-state index contributed by atoms with van der Waals surface area (Å²) in [5.74, 6) is -0.0198. The van der Waals surface area contributed by atoms with Crippen LogP contribution in [-0.2, 0) is 4.79 Å². The van der Waals surface area contributed by atoms with E-state index in [0.717, 1.165) is 0 Å². The molecular formula is C15H9BrClNO3. The lowest BCUT2D eigenvalue weighted by Gasteiger charge is -2.19. The average molecular weight is 367 g/mol. The van der Waals surface area contributed by atoms with Crippen molar-refractivity contribution in [2.24, 2.45) is 0 Å². The average Bonchev–Trinajstić information content (AvgIpc) is 2.46. The van der Waals surface area contributed by atoms with Gasteiger partial charge in [-0.3, -0.25) is 9.59 Å². The van der Waals surface area contributed by atoms with Crippen molar-refractivity contribution in [3.8, 4) is 5.75 Å². The fourth-order valence-electron chi connectivity index (χ4n) is 2.06. The third-order valence-electron chi connectivity index (χ3n) is 3.07. The molecule has 0 saturated heterocycles. The Morgan fingerprint density at radius 3 is 2.76 bits per heavy atom. The molecule has 21 heavy (non-hydrogen) atoms. The second-order valence-corrected chi connectivity index (χ2v) is 5.74. The van der Waals surface area contributed by atoms with Crippen molar-refractivity contribution in [2.45, 2.75) is 0 Å². The zero-order valence-electron chi connectivity index (χ0n) is 10.7. The second-order valence-electron chi connectivity index (χ2n) is 4.47. The number of halogens is 2. The normalized spacial score (nSPS) is 13.1. The van der Waals surface area contributed by atoms with Crippen molar-refractivity contribution in [1.29, 1.82) is 0 Å². The zero-order chi connectivity index (χ0) is 15.0. The Morgan fingerprint density at radius 1 is 1.24 bits per heavy atom. The van der Waals surface area contributed by atoms with Crippen molar-refractivity contribution in [3.63, 3.8) is 0 Å². The van der Waals surface area contributed by atoms with Gasteiger partial charge in [-0.15, -0.1) is 0 Å². The summed E-state index contributed by atoms with van der Waals surface area (Å²) in [4.78, 5) is 23.9. The largest absolute Gasteiger partial charge is 0.482 e. The number of ketones is 1. The van der Waals surface area contributed by atoms with E-state index in [2.05, 4.69) is 21.2 Å². The van der Waals surface area contributed by atoms with E-state index < -0.39 is 0 Å². The van der Waals surface area contributed by atoms with Crippen LogP contribution >= 0.6 is 27.5 Å². The highest BCUT2D eigenvalue weighted by Crippen LogP contribution is 2.35. The molecule has 0 aliphatic carbocycles.